The normalized spacial score (nSPS) is 15.0. The second-order valence-electron chi connectivity index (χ2n) is 5.03. The molecule has 24 heavy (non-hydrogen) atoms. The summed E-state index contributed by atoms with van der Waals surface area (Å²) in [7, 11) is 1.54. The van der Waals surface area contributed by atoms with Crippen LogP contribution in [0.4, 0.5) is 5.69 Å². The molecule has 1 aliphatic heterocycles. The lowest BCUT2D eigenvalue weighted by Gasteiger charge is -2.18. The number of thioether (sulfide) groups is 1. The summed E-state index contributed by atoms with van der Waals surface area (Å²) < 4.78 is 10.9. The van der Waals surface area contributed by atoms with Crippen LogP contribution < -0.4 is 14.8 Å². The van der Waals surface area contributed by atoms with Crippen molar-refractivity contribution < 1.29 is 14.3 Å². The highest BCUT2D eigenvalue weighted by Gasteiger charge is 2.21. The average molecular weight is 362 g/mol. The van der Waals surface area contributed by atoms with Crippen molar-refractivity contribution in [3.05, 3.63) is 51.9 Å². The quantitative estimate of drug-likeness (QED) is 0.792. The van der Waals surface area contributed by atoms with E-state index in [1.807, 2.05) is 37.3 Å². The summed E-state index contributed by atoms with van der Waals surface area (Å²) >= 11 is 7.69. The Bertz CT molecular complexity index is 820. The molecular formula is C18H16ClNO3S. The zero-order chi connectivity index (χ0) is 17.1. The fourth-order valence-electron chi connectivity index (χ4n) is 2.39. The Hall–Kier alpha value is -2.11. The molecule has 124 valence electrons. The Morgan fingerprint density at radius 3 is 2.83 bits per heavy atom. The highest BCUT2D eigenvalue weighted by molar-refractivity contribution is 8.04. The zero-order valence-corrected chi connectivity index (χ0v) is 14.8. The highest BCUT2D eigenvalue weighted by Crippen LogP contribution is 2.41. The average Bonchev–Trinajstić information content (AvgIpc) is 2.56. The lowest BCUT2D eigenvalue weighted by Crippen LogP contribution is -2.17. The van der Waals surface area contributed by atoms with Crippen LogP contribution >= 0.6 is 23.4 Å². The van der Waals surface area contributed by atoms with Crippen molar-refractivity contribution in [2.75, 3.05) is 19.0 Å². The van der Waals surface area contributed by atoms with Crippen molar-refractivity contribution in [2.45, 2.75) is 11.8 Å². The zero-order valence-electron chi connectivity index (χ0n) is 13.3. The number of anilines is 1. The van der Waals surface area contributed by atoms with Crippen LogP contribution in [0.15, 0.2) is 46.2 Å². The van der Waals surface area contributed by atoms with Gasteiger partial charge in [0.15, 0.2) is 11.5 Å². The van der Waals surface area contributed by atoms with Crippen LogP contribution in [-0.4, -0.2) is 19.6 Å². The highest BCUT2D eigenvalue weighted by atomic mass is 35.5. The van der Waals surface area contributed by atoms with Gasteiger partial charge in [-0.2, -0.15) is 0 Å². The van der Waals surface area contributed by atoms with Crippen molar-refractivity contribution in [2.24, 2.45) is 0 Å². The maximum absolute atomic E-state index is 12.3. The molecule has 3 rings (SSSR count). The maximum Gasteiger partial charge on any atom is 0.262 e. The third-order valence-corrected chi connectivity index (χ3v) is 4.79. The van der Waals surface area contributed by atoms with Gasteiger partial charge in [-0.25, -0.2) is 0 Å². The Balaban J connectivity index is 1.98. The number of ether oxygens (including phenoxy) is 2. The minimum atomic E-state index is -0.136. The van der Waals surface area contributed by atoms with Crippen LogP contribution in [0.2, 0.25) is 5.02 Å². The van der Waals surface area contributed by atoms with E-state index in [0.29, 0.717) is 28.0 Å². The van der Waals surface area contributed by atoms with Gasteiger partial charge in [0.05, 0.1) is 29.3 Å². The largest absolute Gasteiger partial charge is 0.491 e. The van der Waals surface area contributed by atoms with E-state index in [-0.39, 0.29) is 5.91 Å². The van der Waals surface area contributed by atoms with Gasteiger partial charge >= 0.3 is 0 Å². The van der Waals surface area contributed by atoms with Gasteiger partial charge in [-0.15, -0.1) is 0 Å². The number of nitrogens with one attached hydrogen (secondary N) is 1. The van der Waals surface area contributed by atoms with Gasteiger partial charge in [0.25, 0.3) is 5.91 Å². The second kappa shape index (κ2) is 7.20. The van der Waals surface area contributed by atoms with Crippen molar-refractivity contribution in [3.63, 3.8) is 0 Å². The molecule has 4 nitrogen and oxygen atoms in total. The molecule has 1 amide bonds. The van der Waals surface area contributed by atoms with Crippen molar-refractivity contribution in [3.8, 4) is 11.5 Å². The lowest BCUT2D eigenvalue weighted by molar-refractivity contribution is -0.112. The molecule has 0 bridgehead atoms. The van der Waals surface area contributed by atoms with Gasteiger partial charge in [0, 0.05) is 4.90 Å². The fraction of sp³-hybridized carbons (Fsp3) is 0.167. The number of hydrogen-bond acceptors (Lipinski definition) is 4. The van der Waals surface area contributed by atoms with Gasteiger partial charge in [-0.3, -0.25) is 4.79 Å². The minimum absolute atomic E-state index is 0.136. The van der Waals surface area contributed by atoms with E-state index in [1.165, 1.54) is 11.8 Å². The van der Waals surface area contributed by atoms with Gasteiger partial charge < -0.3 is 14.8 Å². The summed E-state index contributed by atoms with van der Waals surface area (Å²) in [5.74, 6) is 0.913. The van der Waals surface area contributed by atoms with E-state index < -0.39 is 0 Å². The standard InChI is InChI=1S/C18H16ClNO3S/c1-3-23-14-9-11(8-12(19)17(14)22-2)10-16-18(21)20-13-6-4-5-7-15(13)24-16/h4-10H,3H2,1-2H3,(H,20,21)/b16-10-. The summed E-state index contributed by atoms with van der Waals surface area (Å²) in [6.07, 6.45) is 1.80. The first kappa shape index (κ1) is 16.7. The van der Waals surface area contributed by atoms with Crippen molar-refractivity contribution in [1.29, 1.82) is 0 Å². The molecule has 0 saturated carbocycles. The number of hydrogen-bond donors (Lipinski definition) is 1. The number of halogens is 1. The summed E-state index contributed by atoms with van der Waals surface area (Å²) in [5.41, 5.74) is 1.61. The van der Waals surface area contributed by atoms with Crippen LogP contribution in [0.25, 0.3) is 6.08 Å². The van der Waals surface area contributed by atoms with E-state index in [1.54, 1.807) is 19.3 Å². The number of carbonyl (C=O) groups excluding carboxylic acids is 1. The number of rotatable bonds is 4. The number of carbonyl (C=O) groups is 1. The first-order valence-electron chi connectivity index (χ1n) is 7.42. The number of benzene rings is 2. The molecule has 0 saturated heterocycles. The van der Waals surface area contributed by atoms with Crippen LogP contribution in [-0.2, 0) is 4.79 Å². The van der Waals surface area contributed by atoms with E-state index in [9.17, 15) is 4.79 Å². The van der Waals surface area contributed by atoms with Gasteiger partial charge in [-0.1, -0.05) is 35.5 Å². The Morgan fingerprint density at radius 2 is 2.08 bits per heavy atom. The molecule has 1 heterocycles. The Kier molecular flexibility index (Phi) is 5.02. The monoisotopic (exact) mass is 361 g/mol. The van der Waals surface area contributed by atoms with Crippen LogP contribution in [0.5, 0.6) is 11.5 Å². The third-order valence-electron chi connectivity index (χ3n) is 3.41. The topological polar surface area (TPSA) is 47.6 Å². The minimum Gasteiger partial charge on any atom is -0.491 e. The van der Waals surface area contributed by atoms with Gasteiger partial charge in [0.2, 0.25) is 0 Å². The number of fused-ring (bicyclic) bond motifs is 1. The van der Waals surface area contributed by atoms with Crippen molar-refractivity contribution in [1.82, 2.24) is 0 Å². The first-order chi connectivity index (χ1) is 11.6. The molecule has 0 spiro atoms. The molecule has 0 aromatic heterocycles. The van der Waals surface area contributed by atoms with E-state index in [0.717, 1.165) is 16.1 Å². The van der Waals surface area contributed by atoms with E-state index >= 15 is 0 Å². The first-order valence-corrected chi connectivity index (χ1v) is 8.62. The molecule has 0 unspecified atom stereocenters. The maximum atomic E-state index is 12.3. The van der Waals surface area contributed by atoms with E-state index in [2.05, 4.69) is 5.32 Å². The van der Waals surface area contributed by atoms with Gasteiger partial charge in [0.1, 0.15) is 0 Å². The molecule has 0 aliphatic carbocycles. The fourth-order valence-corrected chi connectivity index (χ4v) is 3.63. The molecule has 2 aromatic carbocycles. The molecule has 2 aromatic rings. The van der Waals surface area contributed by atoms with Crippen LogP contribution in [0.3, 0.4) is 0 Å². The lowest BCUT2D eigenvalue weighted by atomic mass is 10.1. The smallest absolute Gasteiger partial charge is 0.262 e. The number of methoxy groups -OCH3 is 1. The molecule has 0 radical (unpaired) electrons. The number of amides is 1. The van der Waals surface area contributed by atoms with Gasteiger partial charge in [-0.05, 0) is 42.8 Å². The second-order valence-corrected chi connectivity index (χ2v) is 6.52. The molecule has 0 fully saturated rings. The van der Waals surface area contributed by atoms with Crippen LogP contribution in [0.1, 0.15) is 12.5 Å². The summed E-state index contributed by atoms with van der Waals surface area (Å²) in [5, 5.41) is 3.33. The Labute approximate surface area is 149 Å². The predicted molar refractivity (Wildman–Crippen MR) is 98.1 cm³/mol. The molecule has 0 atom stereocenters. The van der Waals surface area contributed by atoms with Crippen molar-refractivity contribution >= 4 is 41.0 Å². The van der Waals surface area contributed by atoms with Crippen LogP contribution in [0, 0.1) is 0 Å². The predicted octanol–water partition coefficient (Wildman–Crippen LogP) is 4.83. The summed E-state index contributed by atoms with van der Waals surface area (Å²) in [6.45, 7) is 2.38. The molecular weight excluding hydrogens is 346 g/mol. The third kappa shape index (κ3) is 3.37. The Morgan fingerprint density at radius 1 is 1.29 bits per heavy atom. The van der Waals surface area contributed by atoms with E-state index in [4.69, 9.17) is 21.1 Å². The molecule has 1 aliphatic rings. The summed E-state index contributed by atoms with van der Waals surface area (Å²) in [6, 6.07) is 11.3. The SMILES string of the molecule is CCOc1cc(/C=C2\Sc3ccccc3NC2=O)cc(Cl)c1OC. The number of para-hydroxylation sites is 1. The summed E-state index contributed by atoms with van der Waals surface area (Å²) in [4.78, 5) is 13.9. The molecule has 1 N–H and O–H groups in total. The molecule has 6 heteroatoms.